The number of nitrogens with zero attached hydrogens (tertiary/aromatic N) is 1. The summed E-state index contributed by atoms with van der Waals surface area (Å²) >= 11 is 0. The van der Waals surface area contributed by atoms with Crippen LogP contribution in [0.5, 0.6) is 11.5 Å². The number of aryl methyl sites for hydroxylation is 1. The normalized spacial score (nSPS) is 11.1. The minimum absolute atomic E-state index is 0.142. The average Bonchev–Trinajstić information content (AvgIpc) is 2.86. The van der Waals surface area contributed by atoms with E-state index in [1.807, 2.05) is 54.6 Å². The fourth-order valence-corrected chi connectivity index (χ4v) is 3.19. The molecule has 3 aromatic carbocycles. The van der Waals surface area contributed by atoms with Crippen molar-refractivity contribution in [2.45, 2.75) is 26.4 Å². The molecule has 0 fully saturated rings. The molecule has 178 valence electrons. The van der Waals surface area contributed by atoms with E-state index >= 15 is 0 Å². The van der Waals surface area contributed by atoms with Crippen molar-refractivity contribution in [3.05, 3.63) is 95.3 Å². The SMILES string of the molecule is CCOC(=O)CCc1ccc(OCc2ccc(OC/C(=N\OC)c3ccccc3)cc2)cc1F. The van der Waals surface area contributed by atoms with Crippen LogP contribution in [-0.4, -0.2) is 32.0 Å². The fourth-order valence-electron chi connectivity index (χ4n) is 3.19. The molecular formula is C27H28FNO5. The van der Waals surface area contributed by atoms with Gasteiger partial charge in [-0.3, -0.25) is 4.79 Å². The third-order valence-electron chi connectivity index (χ3n) is 4.94. The molecule has 0 saturated carbocycles. The van der Waals surface area contributed by atoms with Gasteiger partial charge in [0.1, 0.15) is 43.4 Å². The first-order chi connectivity index (χ1) is 16.6. The topological polar surface area (TPSA) is 66.4 Å². The van der Waals surface area contributed by atoms with E-state index in [2.05, 4.69) is 5.16 Å². The number of rotatable bonds is 12. The number of esters is 1. The highest BCUT2D eigenvalue weighted by atomic mass is 19.1. The van der Waals surface area contributed by atoms with Crippen molar-refractivity contribution in [1.29, 1.82) is 0 Å². The van der Waals surface area contributed by atoms with Crippen LogP contribution in [0.2, 0.25) is 0 Å². The molecule has 0 heterocycles. The van der Waals surface area contributed by atoms with E-state index in [0.29, 0.717) is 29.4 Å². The number of halogens is 1. The summed E-state index contributed by atoms with van der Waals surface area (Å²) in [5.41, 5.74) is 2.97. The first-order valence-electron chi connectivity index (χ1n) is 11.0. The lowest BCUT2D eigenvalue weighted by atomic mass is 10.1. The maximum absolute atomic E-state index is 14.3. The highest BCUT2D eigenvalue weighted by Crippen LogP contribution is 2.20. The average molecular weight is 466 g/mol. The van der Waals surface area contributed by atoms with Crippen molar-refractivity contribution in [1.82, 2.24) is 0 Å². The number of benzene rings is 3. The Morgan fingerprint density at radius 2 is 1.68 bits per heavy atom. The molecule has 7 heteroatoms. The summed E-state index contributed by atoms with van der Waals surface area (Å²) in [7, 11) is 1.50. The predicted molar refractivity (Wildman–Crippen MR) is 128 cm³/mol. The Kier molecular flexibility index (Phi) is 9.46. The lowest BCUT2D eigenvalue weighted by Crippen LogP contribution is -2.13. The molecular weight excluding hydrogens is 437 g/mol. The molecule has 0 unspecified atom stereocenters. The van der Waals surface area contributed by atoms with Crippen LogP contribution in [0, 0.1) is 5.82 Å². The van der Waals surface area contributed by atoms with Crippen LogP contribution in [0.3, 0.4) is 0 Å². The van der Waals surface area contributed by atoms with Gasteiger partial charge in [-0.25, -0.2) is 4.39 Å². The minimum Gasteiger partial charge on any atom is -0.489 e. The Labute approximate surface area is 198 Å². The quantitative estimate of drug-likeness (QED) is 0.206. The molecule has 0 N–H and O–H groups in total. The Bertz CT molecular complexity index is 1080. The molecule has 0 bridgehead atoms. The zero-order valence-electron chi connectivity index (χ0n) is 19.3. The summed E-state index contributed by atoms with van der Waals surface area (Å²) < 4.78 is 30.8. The minimum atomic E-state index is -0.405. The predicted octanol–water partition coefficient (Wildman–Crippen LogP) is 5.33. The molecule has 0 atom stereocenters. The Hall–Kier alpha value is -3.87. The Balaban J connectivity index is 1.50. The molecule has 6 nitrogen and oxygen atoms in total. The van der Waals surface area contributed by atoms with E-state index in [-0.39, 0.29) is 32.0 Å². The lowest BCUT2D eigenvalue weighted by Gasteiger charge is -2.11. The smallest absolute Gasteiger partial charge is 0.306 e. The lowest BCUT2D eigenvalue weighted by molar-refractivity contribution is -0.143. The summed E-state index contributed by atoms with van der Waals surface area (Å²) in [5.74, 6) is 0.357. The second-order valence-electron chi connectivity index (χ2n) is 7.37. The fraction of sp³-hybridized carbons (Fsp3) is 0.259. The van der Waals surface area contributed by atoms with Gasteiger partial charge in [0.15, 0.2) is 0 Å². The second kappa shape index (κ2) is 13.0. The summed E-state index contributed by atoms with van der Waals surface area (Å²) in [6.07, 6.45) is 0.428. The van der Waals surface area contributed by atoms with Gasteiger partial charge in [0, 0.05) is 18.1 Å². The Morgan fingerprint density at radius 3 is 2.35 bits per heavy atom. The highest BCUT2D eigenvalue weighted by molar-refractivity contribution is 6.01. The number of ether oxygens (including phenoxy) is 3. The summed E-state index contributed by atoms with van der Waals surface area (Å²) in [4.78, 5) is 16.4. The zero-order valence-corrected chi connectivity index (χ0v) is 19.3. The number of carbonyl (C=O) groups is 1. The third kappa shape index (κ3) is 7.62. The van der Waals surface area contributed by atoms with Crippen LogP contribution < -0.4 is 9.47 Å². The molecule has 0 radical (unpaired) electrons. The molecule has 0 amide bonds. The number of carbonyl (C=O) groups excluding carboxylic acids is 1. The monoisotopic (exact) mass is 465 g/mol. The van der Waals surface area contributed by atoms with E-state index in [1.54, 1.807) is 19.1 Å². The maximum Gasteiger partial charge on any atom is 0.306 e. The number of hydrogen-bond acceptors (Lipinski definition) is 6. The number of hydrogen-bond donors (Lipinski definition) is 0. The van der Waals surface area contributed by atoms with E-state index < -0.39 is 5.82 Å². The van der Waals surface area contributed by atoms with Crippen LogP contribution in [0.4, 0.5) is 4.39 Å². The van der Waals surface area contributed by atoms with Gasteiger partial charge in [-0.2, -0.15) is 0 Å². The van der Waals surface area contributed by atoms with Gasteiger partial charge in [-0.05, 0) is 42.7 Å². The molecule has 0 aliphatic rings. The van der Waals surface area contributed by atoms with Crippen molar-refractivity contribution in [2.24, 2.45) is 5.16 Å². The van der Waals surface area contributed by atoms with Gasteiger partial charge in [0.2, 0.25) is 0 Å². The van der Waals surface area contributed by atoms with Crippen LogP contribution in [0.1, 0.15) is 30.0 Å². The van der Waals surface area contributed by atoms with Crippen molar-refractivity contribution < 1.29 is 28.2 Å². The Morgan fingerprint density at radius 1 is 0.941 bits per heavy atom. The van der Waals surface area contributed by atoms with Crippen molar-refractivity contribution >= 4 is 11.7 Å². The van der Waals surface area contributed by atoms with Gasteiger partial charge in [-0.1, -0.05) is 53.7 Å². The van der Waals surface area contributed by atoms with Gasteiger partial charge in [0.25, 0.3) is 0 Å². The van der Waals surface area contributed by atoms with Gasteiger partial charge in [-0.15, -0.1) is 0 Å². The largest absolute Gasteiger partial charge is 0.489 e. The molecule has 3 rings (SSSR count). The van der Waals surface area contributed by atoms with E-state index in [4.69, 9.17) is 19.0 Å². The van der Waals surface area contributed by atoms with E-state index in [0.717, 1.165) is 11.1 Å². The summed E-state index contributed by atoms with van der Waals surface area (Å²) in [5, 5.41) is 4.05. The molecule has 0 saturated heterocycles. The molecule has 0 aliphatic carbocycles. The van der Waals surface area contributed by atoms with Crippen molar-refractivity contribution in [2.75, 3.05) is 20.3 Å². The van der Waals surface area contributed by atoms with E-state index in [9.17, 15) is 9.18 Å². The molecule has 0 spiro atoms. The molecule has 34 heavy (non-hydrogen) atoms. The second-order valence-corrected chi connectivity index (χ2v) is 7.37. The zero-order chi connectivity index (χ0) is 24.2. The van der Waals surface area contributed by atoms with Crippen LogP contribution >= 0.6 is 0 Å². The van der Waals surface area contributed by atoms with Crippen LogP contribution in [0.25, 0.3) is 0 Å². The number of oxime groups is 1. The van der Waals surface area contributed by atoms with Gasteiger partial charge < -0.3 is 19.0 Å². The maximum atomic E-state index is 14.3. The van der Waals surface area contributed by atoms with Crippen LogP contribution in [-0.2, 0) is 27.4 Å². The standard InChI is InChI=1S/C27H28FNO5/c1-3-32-27(30)16-12-21-11-15-24(17-25(21)28)33-18-20-9-13-23(14-10-20)34-19-26(29-31-2)22-7-5-4-6-8-22/h4-11,13-15,17H,3,12,16,18-19H2,1-2H3/b29-26+. The van der Waals surface area contributed by atoms with E-state index in [1.165, 1.54) is 13.2 Å². The summed E-state index contributed by atoms with van der Waals surface area (Å²) in [6.45, 7) is 2.60. The molecule has 0 aliphatic heterocycles. The molecule has 3 aromatic rings. The highest BCUT2D eigenvalue weighted by Gasteiger charge is 2.09. The van der Waals surface area contributed by atoms with Crippen molar-refractivity contribution in [3.63, 3.8) is 0 Å². The molecule has 0 aromatic heterocycles. The first kappa shape index (κ1) is 24.8. The van der Waals surface area contributed by atoms with Gasteiger partial charge >= 0.3 is 5.97 Å². The third-order valence-corrected chi connectivity index (χ3v) is 4.94. The van der Waals surface area contributed by atoms with Crippen molar-refractivity contribution in [3.8, 4) is 11.5 Å². The summed E-state index contributed by atoms with van der Waals surface area (Å²) in [6, 6.07) is 21.8. The first-order valence-corrected chi connectivity index (χ1v) is 11.0. The van der Waals surface area contributed by atoms with Crippen LogP contribution in [0.15, 0.2) is 78.0 Å². The van der Waals surface area contributed by atoms with Gasteiger partial charge in [0.05, 0.1) is 6.61 Å².